The fourth-order valence-corrected chi connectivity index (χ4v) is 3.81. The van der Waals surface area contributed by atoms with Crippen LogP contribution in [0.1, 0.15) is 40.7 Å². The van der Waals surface area contributed by atoms with Gasteiger partial charge in [0.2, 0.25) is 0 Å². The van der Waals surface area contributed by atoms with Crippen LogP contribution in [0.15, 0.2) is 18.2 Å². The molecule has 3 amide bonds. The lowest BCUT2D eigenvalue weighted by atomic mass is 9.99. The topological polar surface area (TPSA) is 79.3 Å². The number of nitrogens with one attached hydrogen (secondary N) is 2. The van der Waals surface area contributed by atoms with Gasteiger partial charge in [-0.25, -0.2) is 9.18 Å². The second-order valence-electron chi connectivity index (χ2n) is 7.41. The zero-order chi connectivity index (χ0) is 21.6. The lowest BCUT2D eigenvalue weighted by molar-refractivity contribution is -0.139. The first-order chi connectivity index (χ1) is 14.1. The number of aromatic nitrogens is 2. The minimum absolute atomic E-state index is 0.0956. The van der Waals surface area contributed by atoms with Crippen molar-refractivity contribution in [3.63, 3.8) is 0 Å². The van der Waals surface area contributed by atoms with Gasteiger partial charge in [0, 0.05) is 36.8 Å². The second-order valence-corrected chi connectivity index (χ2v) is 7.41. The molecule has 3 heterocycles. The maximum atomic E-state index is 13.5. The average Bonchev–Trinajstić information content (AvgIpc) is 2.91. The number of alkyl halides is 3. The number of urea groups is 1. The normalized spacial score (nSPS) is 18.9. The molecule has 0 aliphatic carbocycles. The number of benzene rings is 1. The van der Waals surface area contributed by atoms with Crippen molar-refractivity contribution in [2.24, 2.45) is 0 Å². The summed E-state index contributed by atoms with van der Waals surface area (Å²) in [6.45, 7) is 3.00. The minimum atomic E-state index is -4.87. The first kappa shape index (κ1) is 20.2. The summed E-state index contributed by atoms with van der Waals surface area (Å²) in [7, 11) is 0. The second kappa shape index (κ2) is 7.29. The highest BCUT2D eigenvalue weighted by Gasteiger charge is 2.36. The fraction of sp³-hybridized carbons (Fsp3) is 0.421. The number of aryl methyl sites for hydroxylation is 1. The number of fused-ring (bicyclic) bond motifs is 3. The molecule has 1 aromatic carbocycles. The molecule has 11 heteroatoms. The molecule has 7 nitrogen and oxygen atoms in total. The Labute approximate surface area is 169 Å². The number of carbonyl (C=O) groups is 2. The van der Waals surface area contributed by atoms with E-state index in [0.29, 0.717) is 42.9 Å². The highest BCUT2D eigenvalue weighted by molar-refractivity contribution is 5.95. The van der Waals surface area contributed by atoms with Crippen LogP contribution in [0.4, 0.5) is 28.0 Å². The van der Waals surface area contributed by atoms with Crippen molar-refractivity contribution in [3.8, 4) is 0 Å². The molecular formula is C19H19F4N5O2. The van der Waals surface area contributed by atoms with Gasteiger partial charge >= 0.3 is 12.2 Å². The molecule has 0 saturated heterocycles. The fourth-order valence-electron chi connectivity index (χ4n) is 3.81. The van der Waals surface area contributed by atoms with Crippen LogP contribution < -0.4 is 10.6 Å². The maximum Gasteiger partial charge on any atom is 0.419 e. The maximum absolute atomic E-state index is 13.5. The highest BCUT2D eigenvalue weighted by Crippen LogP contribution is 2.33. The number of halogens is 4. The van der Waals surface area contributed by atoms with Crippen LogP contribution >= 0.6 is 0 Å². The van der Waals surface area contributed by atoms with Crippen LogP contribution in [0.5, 0.6) is 0 Å². The van der Waals surface area contributed by atoms with E-state index in [1.807, 2.05) is 0 Å². The van der Waals surface area contributed by atoms with Crippen LogP contribution in [0.2, 0.25) is 0 Å². The number of anilines is 1. The summed E-state index contributed by atoms with van der Waals surface area (Å²) in [6.07, 6.45) is -3.72. The molecule has 0 bridgehead atoms. The zero-order valence-corrected chi connectivity index (χ0v) is 16.0. The van der Waals surface area contributed by atoms with E-state index in [4.69, 9.17) is 0 Å². The number of amides is 3. The first-order valence-corrected chi connectivity index (χ1v) is 9.46. The predicted octanol–water partition coefficient (Wildman–Crippen LogP) is 3.15. The Bertz CT molecular complexity index is 1020. The predicted molar refractivity (Wildman–Crippen MR) is 98.3 cm³/mol. The van der Waals surface area contributed by atoms with Crippen LogP contribution in [-0.2, 0) is 25.7 Å². The summed E-state index contributed by atoms with van der Waals surface area (Å²) in [5, 5.41) is 9.71. The van der Waals surface area contributed by atoms with Crippen molar-refractivity contribution < 1.29 is 27.2 Å². The van der Waals surface area contributed by atoms with Crippen molar-refractivity contribution in [2.45, 2.75) is 45.1 Å². The minimum Gasteiger partial charge on any atom is -0.351 e. The lowest BCUT2D eigenvalue weighted by Gasteiger charge is -2.33. The monoisotopic (exact) mass is 425 g/mol. The molecule has 2 N–H and O–H groups in total. The molecular weight excluding hydrogens is 406 g/mol. The average molecular weight is 425 g/mol. The van der Waals surface area contributed by atoms with Gasteiger partial charge < -0.3 is 15.5 Å². The molecule has 1 aromatic heterocycles. The Morgan fingerprint density at radius 1 is 1.33 bits per heavy atom. The first-order valence-electron chi connectivity index (χ1n) is 9.46. The largest absolute Gasteiger partial charge is 0.419 e. The molecule has 30 heavy (non-hydrogen) atoms. The molecule has 160 valence electrons. The van der Waals surface area contributed by atoms with Crippen molar-refractivity contribution in [2.75, 3.05) is 11.9 Å². The number of carbonyl (C=O) groups excluding carboxylic acids is 2. The van der Waals surface area contributed by atoms with E-state index < -0.39 is 23.6 Å². The zero-order valence-electron chi connectivity index (χ0n) is 16.0. The molecule has 1 atom stereocenters. The van der Waals surface area contributed by atoms with E-state index in [9.17, 15) is 27.2 Å². The Morgan fingerprint density at radius 2 is 2.10 bits per heavy atom. The molecule has 2 aliphatic heterocycles. The standard InChI is InChI=1S/C19H19F4N5O2/c1-10-7-15-12(16-17(29)24-5-2-6-28(16)26-15)9-27(10)18(30)25-11-3-4-14(20)13(8-11)19(21,22)23/h3-4,8,10H,2,5-7,9H2,1H3,(H,24,29)(H,25,30)/t10-/m1/s1. The third-order valence-electron chi connectivity index (χ3n) is 5.31. The summed E-state index contributed by atoms with van der Waals surface area (Å²) in [6, 6.07) is 1.37. The quantitative estimate of drug-likeness (QED) is 0.689. The van der Waals surface area contributed by atoms with Gasteiger partial charge in [0.15, 0.2) is 0 Å². The van der Waals surface area contributed by atoms with Crippen LogP contribution in [0.3, 0.4) is 0 Å². The van der Waals surface area contributed by atoms with E-state index in [1.54, 1.807) is 11.6 Å². The number of hydrogen-bond donors (Lipinski definition) is 2. The van der Waals surface area contributed by atoms with Gasteiger partial charge in [0.1, 0.15) is 11.5 Å². The van der Waals surface area contributed by atoms with Crippen molar-refractivity contribution >= 4 is 17.6 Å². The summed E-state index contributed by atoms with van der Waals surface area (Å²) >= 11 is 0. The van der Waals surface area contributed by atoms with Crippen LogP contribution in [0, 0.1) is 5.82 Å². The van der Waals surface area contributed by atoms with Gasteiger partial charge in [-0.2, -0.15) is 18.3 Å². The van der Waals surface area contributed by atoms with Gasteiger partial charge in [-0.3, -0.25) is 9.48 Å². The summed E-state index contributed by atoms with van der Waals surface area (Å²) in [5.74, 6) is -1.67. The Kier molecular flexibility index (Phi) is 4.91. The Balaban J connectivity index is 1.58. The van der Waals surface area contributed by atoms with Crippen molar-refractivity contribution in [1.29, 1.82) is 0 Å². The molecule has 0 saturated carbocycles. The van der Waals surface area contributed by atoms with Crippen molar-refractivity contribution in [3.05, 3.63) is 46.5 Å². The van der Waals surface area contributed by atoms with E-state index in [2.05, 4.69) is 15.7 Å². The van der Waals surface area contributed by atoms with Gasteiger partial charge in [0.05, 0.1) is 17.8 Å². The Morgan fingerprint density at radius 3 is 2.83 bits per heavy atom. The van der Waals surface area contributed by atoms with E-state index in [-0.39, 0.29) is 24.2 Å². The van der Waals surface area contributed by atoms with Gasteiger partial charge in [-0.15, -0.1) is 0 Å². The highest BCUT2D eigenvalue weighted by atomic mass is 19.4. The number of nitrogens with zero attached hydrogens (tertiary/aromatic N) is 3. The van der Waals surface area contributed by atoms with E-state index >= 15 is 0 Å². The van der Waals surface area contributed by atoms with Gasteiger partial charge in [-0.05, 0) is 31.5 Å². The van der Waals surface area contributed by atoms with Crippen LogP contribution in [-0.4, -0.2) is 39.2 Å². The summed E-state index contributed by atoms with van der Waals surface area (Å²) in [4.78, 5) is 26.6. The Hall–Kier alpha value is -3.11. The third-order valence-corrected chi connectivity index (χ3v) is 5.31. The lowest BCUT2D eigenvalue weighted by Crippen LogP contribution is -2.45. The smallest absolute Gasteiger partial charge is 0.351 e. The molecule has 0 spiro atoms. The number of hydrogen-bond acceptors (Lipinski definition) is 3. The van der Waals surface area contributed by atoms with Crippen LogP contribution in [0.25, 0.3) is 0 Å². The molecule has 2 aromatic rings. The number of rotatable bonds is 1. The molecule has 4 rings (SSSR count). The van der Waals surface area contributed by atoms with Gasteiger partial charge in [0.25, 0.3) is 5.91 Å². The molecule has 2 aliphatic rings. The van der Waals surface area contributed by atoms with E-state index in [0.717, 1.165) is 18.2 Å². The molecule has 0 unspecified atom stereocenters. The summed E-state index contributed by atoms with van der Waals surface area (Å²) in [5.41, 5.74) is 0.164. The summed E-state index contributed by atoms with van der Waals surface area (Å²) < 4.78 is 53.9. The van der Waals surface area contributed by atoms with Gasteiger partial charge in [-0.1, -0.05) is 0 Å². The SMILES string of the molecule is C[C@@H]1Cc2nn3c(c2CN1C(=O)Nc1ccc(F)c(C(F)(F)F)c1)C(=O)NCCC3. The third kappa shape index (κ3) is 3.59. The molecule has 0 fully saturated rings. The molecule has 0 radical (unpaired) electrons. The van der Waals surface area contributed by atoms with E-state index in [1.165, 1.54) is 4.90 Å². The van der Waals surface area contributed by atoms with Crippen molar-refractivity contribution in [1.82, 2.24) is 20.0 Å².